The number of nitrogens with one attached hydrogen (secondary N) is 1. The van der Waals surface area contributed by atoms with Crippen molar-refractivity contribution in [2.45, 2.75) is 39.3 Å². The number of hydrogen-bond donors (Lipinski definition) is 1. The molecule has 2 aromatic rings. The van der Waals surface area contributed by atoms with Gasteiger partial charge in [0.05, 0.1) is 11.9 Å². The van der Waals surface area contributed by atoms with Crippen molar-refractivity contribution in [2.75, 3.05) is 23.7 Å². The summed E-state index contributed by atoms with van der Waals surface area (Å²) in [6, 6.07) is 14.9. The summed E-state index contributed by atoms with van der Waals surface area (Å²) < 4.78 is 25.9. The highest BCUT2D eigenvalue weighted by atomic mass is 32.2. The van der Waals surface area contributed by atoms with Crippen molar-refractivity contribution in [3.05, 3.63) is 65.2 Å². The van der Waals surface area contributed by atoms with E-state index >= 15 is 0 Å². The lowest BCUT2D eigenvalue weighted by molar-refractivity contribution is -0.128. The molecule has 0 atom stereocenters. The SMILES string of the molecule is CCc1ccccc1N(CC(=O)NCc1ccccc1CN1CCCC1=O)S(C)(=O)=O. The Morgan fingerprint density at radius 2 is 1.71 bits per heavy atom. The van der Waals surface area contributed by atoms with Crippen molar-refractivity contribution < 1.29 is 18.0 Å². The maximum absolute atomic E-state index is 12.7. The Hall–Kier alpha value is -2.87. The third kappa shape index (κ3) is 5.85. The van der Waals surface area contributed by atoms with Crippen LogP contribution in [0.4, 0.5) is 5.69 Å². The van der Waals surface area contributed by atoms with E-state index in [1.54, 1.807) is 12.1 Å². The highest BCUT2D eigenvalue weighted by molar-refractivity contribution is 7.92. The Kier molecular flexibility index (Phi) is 7.33. The molecule has 2 amide bonds. The van der Waals surface area contributed by atoms with Gasteiger partial charge in [0, 0.05) is 26.1 Å². The number of carbonyl (C=O) groups excluding carboxylic acids is 2. The summed E-state index contributed by atoms with van der Waals surface area (Å²) in [6.07, 6.45) is 3.22. The third-order valence-electron chi connectivity index (χ3n) is 5.46. The monoisotopic (exact) mass is 443 g/mol. The first-order chi connectivity index (χ1) is 14.8. The number of carbonyl (C=O) groups is 2. The molecule has 166 valence electrons. The fourth-order valence-corrected chi connectivity index (χ4v) is 4.66. The van der Waals surface area contributed by atoms with Crippen LogP contribution in [0.5, 0.6) is 0 Å². The average Bonchev–Trinajstić information content (AvgIpc) is 3.15. The quantitative estimate of drug-likeness (QED) is 0.645. The molecule has 1 N–H and O–H groups in total. The first-order valence-corrected chi connectivity index (χ1v) is 12.3. The van der Waals surface area contributed by atoms with Gasteiger partial charge in [0.1, 0.15) is 6.54 Å². The van der Waals surface area contributed by atoms with Crippen LogP contribution < -0.4 is 9.62 Å². The lowest BCUT2D eigenvalue weighted by atomic mass is 10.1. The number of aryl methyl sites for hydroxylation is 1. The van der Waals surface area contributed by atoms with Gasteiger partial charge in [0.25, 0.3) is 0 Å². The van der Waals surface area contributed by atoms with E-state index in [1.165, 1.54) is 0 Å². The van der Waals surface area contributed by atoms with Crippen LogP contribution in [-0.4, -0.2) is 44.5 Å². The van der Waals surface area contributed by atoms with Crippen LogP contribution in [0.15, 0.2) is 48.5 Å². The predicted octanol–water partition coefficient (Wildman–Crippen LogP) is 2.45. The van der Waals surface area contributed by atoms with Crippen molar-refractivity contribution in [3.63, 3.8) is 0 Å². The molecule has 3 rings (SSSR count). The number of benzene rings is 2. The van der Waals surface area contributed by atoms with Crippen molar-refractivity contribution in [1.29, 1.82) is 0 Å². The first-order valence-electron chi connectivity index (χ1n) is 10.5. The molecule has 0 aliphatic carbocycles. The zero-order valence-electron chi connectivity index (χ0n) is 18.0. The minimum Gasteiger partial charge on any atom is -0.350 e. The molecule has 0 spiro atoms. The largest absolute Gasteiger partial charge is 0.350 e. The molecule has 1 fully saturated rings. The van der Waals surface area contributed by atoms with Gasteiger partial charge in [-0.15, -0.1) is 0 Å². The van der Waals surface area contributed by atoms with Crippen LogP contribution in [0.3, 0.4) is 0 Å². The molecule has 7 nitrogen and oxygen atoms in total. The summed E-state index contributed by atoms with van der Waals surface area (Å²) in [5.41, 5.74) is 3.28. The van der Waals surface area contributed by atoms with Gasteiger partial charge in [-0.3, -0.25) is 13.9 Å². The van der Waals surface area contributed by atoms with E-state index in [0.29, 0.717) is 25.1 Å². The zero-order chi connectivity index (χ0) is 22.4. The summed E-state index contributed by atoms with van der Waals surface area (Å²) in [4.78, 5) is 26.5. The van der Waals surface area contributed by atoms with E-state index < -0.39 is 10.0 Å². The third-order valence-corrected chi connectivity index (χ3v) is 6.58. The van der Waals surface area contributed by atoms with Gasteiger partial charge in [0.15, 0.2) is 0 Å². The lowest BCUT2D eigenvalue weighted by Gasteiger charge is -2.24. The van der Waals surface area contributed by atoms with Gasteiger partial charge in [0.2, 0.25) is 21.8 Å². The molecule has 0 bridgehead atoms. The zero-order valence-corrected chi connectivity index (χ0v) is 18.8. The normalized spacial score (nSPS) is 14.0. The summed E-state index contributed by atoms with van der Waals surface area (Å²) >= 11 is 0. The van der Waals surface area contributed by atoms with Gasteiger partial charge in [-0.05, 0) is 35.6 Å². The molecule has 0 saturated carbocycles. The molecule has 1 aliphatic heterocycles. The Bertz CT molecular complexity index is 1050. The highest BCUT2D eigenvalue weighted by Crippen LogP contribution is 2.23. The summed E-state index contributed by atoms with van der Waals surface area (Å²) in [5.74, 6) is -0.236. The van der Waals surface area contributed by atoms with E-state index in [1.807, 2.05) is 48.2 Å². The Morgan fingerprint density at radius 3 is 2.32 bits per heavy atom. The van der Waals surface area contributed by atoms with Crippen molar-refractivity contribution in [2.24, 2.45) is 0 Å². The van der Waals surface area contributed by atoms with E-state index in [0.717, 1.165) is 40.2 Å². The molecule has 31 heavy (non-hydrogen) atoms. The summed E-state index contributed by atoms with van der Waals surface area (Å²) in [6.45, 7) is 3.19. The van der Waals surface area contributed by atoms with Crippen molar-refractivity contribution in [1.82, 2.24) is 10.2 Å². The van der Waals surface area contributed by atoms with Crippen molar-refractivity contribution in [3.8, 4) is 0 Å². The van der Waals surface area contributed by atoms with E-state index in [2.05, 4.69) is 5.32 Å². The fraction of sp³-hybridized carbons (Fsp3) is 0.391. The standard InChI is InChI=1S/C23H29N3O4S/c1-3-18-9-6-7-12-21(18)26(31(2,29)30)17-22(27)24-15-19-10-4-5-11-20(19)16-25-14-8-13-23(25)28/h4-7,9-12H,3,8,13-17H2,1-2H3,(H,24,27). The number of para-hydroxylation sites is 1. The van der Waals surface area contributed by atoms with E-state index in [4.69, 9.17) is 0 Å². The first kappa shape index (κ1) is 22.8. The Balaban J connectivity index is 1.70. The summed E-state index contributed by atoms with van der Waals surface area (Å²) in [5, 5.41) is 2.84. The molecule has 1 heterocycles. The lowest BCUT2D eigenvalue weighted by Crippen LogP contribution is -2.40. The number of anilines is 1. The molecule has 1 saturated heterocycles. The second kappa shape index (κ2) is 9.96. The number of hydrogen-bond acceptors (Lipinski definition) is 4. The van der Waals surface area contributed by atoms with Crippen molar-refractivity contribution >= 4 is 27.5 Å². The minimum atomic E-state index is -3.63. The molecule has 0 unspecified atom stereocenters. The van der Waals surface area contributed by atoms with Gasteiger partial charge >= 0.3 is 0 Å². The maximum atomic E-state index is 12.7. The van der Waals surface area contributed by atoms with Gasteiger partial charge in [-0.2, -0.15) is 0 Å². The topological polar surface area (TPSA) is 86.8 Å². The van der Waals surface area contributed by atoms with E-state index in [-0.39, 0.29) is 24.9 Å². The molecule has 8 heteroatoms. The predicted molar refractivity (Wildman–Crippen MR) is 121 cm³/mol. The molecule has 1 aliphatic rings. The average molecular weight is 444 g/mol. The second-order valence-electron chi connectivity index (χ2n) is 7.72. The van der Waals surface area contributed by atoms with Gasteiger partial charge in [-0.25, -0.2) is 8.42 Å². The molecular formula is C23H29N3O4S. The highest BCUT2D eigenvalue weighted by Gasteiger charge is 2.23. The molecule has 0 aromatic heterocycles. The van der Waals surface area contributed by atoms with Crippen LogP contribution in [0.2, 0.25) is 0 Å². The van der Waals surface area contributed by atoms with Crippen LogP contribution in [0.25, 0.3) is 0 Å². The number of amides is 2. The molecule has 2 aromatic carbocycles. The maximum Gasteiger partial charge on any atom is 0.241 e. The molecule has 0 radical (unpaired) electrons. The Labute approximate surface area is 184 Å². The van der Waals surface area contributed by atoms with Crippen LogP contribution in [0, 0.1) is 0 Å². The van der Waals surface area contributed by atoms with Crippen LogP contribution in [-0.2, 0) is 39.1 Å². The second-order valence-corrected chi connectivity index (χ2v) is 9.62. The number of nitrogens with zero attached hydrogens (tertiary/aromatic N) is 2. The number of rotatable bonds is 9. The summed E-state index contributed by atoms with van der Waals surface area (Å²) in [7, 11) is -3.63. The van der Waals surface area contributed by atoms with Crippen LogP contribution >= 0.6 is 0 Å². The number of sulfonamides is 1. The molecular weight excluding hydrogens is 414 g/mol. The smallest absolute Gasteiger partial charge is 0.241 e. The van der Waals surface area contributed by atoms with E-state index in [9.17, 15) is 18.0 Å². The van der Waals surface area contributed by atoms with Gasteiger partial charge < -0.3 is 10.2 Å². The van der Waals surface area contributed by atoms with Gasteiger partial charge in [-0.1, -0.05) is 49.4 Å². The Morgan fingerprint density at radius 1 is 1.06 bits per heavy atom. The van der Waals surface area contributed by atoms with Crippen LogP contribution in [0.1, 0.15) is 36.5 Å². The fourth-order valence-electron chi connectivity index (χ4n) is 3.78. The number of likely N-dealkylation sites (tertiary alicyclic amines) is 1. The minimum absolute atomic E-state index is 0.150.